The van der Waals surface area contributed by atoms with Gasteiger partial charge in [-0.25, -0.2) is 4.79 Å². The molecule has 1 fully saturated rings. The number of nitrogens with one attached hydrogen (secondary N) is 1. The third-order valence-electron chi connectivity index (χ3n) is 3.39. The average Bonchev–Trinajstić information content (AvgIpc) is 3.00. The molecule has 102 valence electrons. The molecule has 1 unspecified atom stereocenters. The van der Waals surface area contributed by atoms with Crippen LogP contribution >= 0.6 is 0 Å². The largest absolute Gasteiger partial charge is 0.443 e. The molecule has 0 aliphatic heterocycles. The minimum atomic E-state index is -0.267. The minimum absolute atomic E-state index is 0.0714. The molecule has 1 N–H and O–H groups in total. The molecule has 0 heterocycles. The first-order valence-electron chi connectivity index (χ1n) is 6.78. The molecular formula is C14H29NO2. The standard InChI is InChI=1S/C12H23NO2.C2H6/c1-6-12(7-8-12)15-10(14)13-9(2)11(3,4)5;1-2/h9H,6-8H2,1-5H3,(H,13,14);1-2H3. The Kier molecular flexibility index (Phi) is 6.00. The first-order chi connectivity index (χ1) is 7.79. The summed E-state index contributed by atoms with van der Waals surface area (Å²) in [7, 11) is 0. The van der Waals surface area contributed by atoms with Gasteiger partial charge in [0.1, 0.15) is 5.60 Å². The maximum absolute atomic E-state index is 11.6. The van der Waals surface area contributed by atoms with Crippen molar-refractivity contribution in [2.75, 3.05) is 0 Å². The molecule has 0 spiro atoms. The number of rotatable bonds is 3. The summed E-state index contributed by atoms with van der Waals surface area (Å²) in [6.45, 7) is 14.4. The highest BCUT2D eigenvalue weighted by molar-refractivity contribution is 5.68. The van der Waals surface area contributed by atoms with Crippen LogP contribution in [0.5, 0.6) is 0 Å². The highest BCUT2D eigenvalue weighted by Gasteiger charge is 2.45. The van der Waals surface area contributed by atoms with E-state index in [1.54, 1.807) is 0 Å². The fourth-order valence-electron chi connectivity index (χ4n) is 1.29. The first kappa shape index (κ1) is 16.3. The maximum Gasteiger partial charge on any atom is 0.407 e. The van der Waals surface area contributed by atoms with Crippen LogP contribution in [-0.4, -0.2) is 17.7 Å². The van der Waals surface area contributed by atoms with Crippen molar-refractivity contribution >= 4 is 6.09 Å². The lowest BCUT2D eigenvalue weighted by Gasteiger charge is -2.28. The van der Waals surface area contributed by atoms with Crippen molar-refractivity contribution in [1.82, 2.24) is 5.32 Å². The molecule has 1 aliphatic rings. The highest BCUT2D eigenvalue weighted by atomic mass is 16.6. The molecule has 0 radical (unpaired) electrons. The second-order valence-corrected chi connectivity index (χ2v) is 5.66. The van der Waals surface area contributed by atoms with Crippen molar-refractivity contribution in [2.24, 2.45) is 5.41 Å². The normalized spacial score (nSPS) is 18.5. The van der Waals surface area contributed by atoms with Crippen molar-refractivity contribution < 1.29 is 9.53 Å². The van der Waals surface area contributed by atoms with Crippen molar-refractivity contribution in [3.05, 3.63) is 0 Å². The predicted octanol–water partition coefficient (Wildman–Crippen LogP) is 4.12. The fourth-order valence-corrected chi connectivity index (χ4v) is 1.29. The van der Waals surface area contributed by atoms with E-state index in [0.717, 1.165) is 19.3 Å². The number of hydrogen-bond acceptors (Lipinski definition) is 2. The van der Waals surface area contributed by atoms with Gasteiger partial charge in [-0.05, 0) is 31.6 Å². The first-order valence-corrected chi connectivity index (χ1v) is 6.78. The second-order valence-electron chi connectivity index (χ2n) is 5.66. The predicted molar refractivity (Wildman–Crippen MR) is 72.1 cm³/mol. The summed E-state index contributed by atoms with van der Waals surface area (Å²) in [5, 5.41) is 2.89. The van der Waals surface area contributed by atoms with Crippen LogP contribution in [0.2, 0.25) is 0 Å². The SMILES string of the molecule is CC.CCC1(OC(=O)NC(C)C(C)(C)C)CC1. The second kappa shape index (κ2) is 6.27. The number of amides is 1. The fraction of sp³-hybridized carbons (Fsp3) is 0.929. The molecule has 1 amide bonds. The average molecular weight is 243 g/mol. The number of alkyl carbamates (subject to hydrolysis) is 1. The molecule has 1 saturated carbocycles. The van der Waals surface area contributed by atoms with Crippen molar-refractivity contribution in [3.8, 4) is 0 Å². The molecule has 0 aromatic rings. The summed E-state index contributed by atoms with van der Waals surface area (Å²) in [6.07, 6.45) is 2.68. The van der Waals surface area contributed by atoms with E-state index in [2.05, 4.69) is 33.0 Å². The smallest absolute Gasteiger partial charge is 0.407 e. The van der Waals surface area contributed by atoms with Gasteiger partial charge in [-0.15, -0.1) is 0 Å². The van der Waals surface area contributed by atoms with Crippen LogP contribution in [0.4, 0.5) is 4.79 Å². The molecule has 17 heavy (non-hydrogen) atoms. The third-order valence-corrected chi connectivity index (χ3v) is 3.39. The molecule has 1 aliphatic carbocycles. The van der Waals surface area contributed by atoms with Gasteiger partial charge in [-0.1, -0.05) is 41.5 Å². The van der Waals surface area contributed by atoms with E-state index in [0.29, 0.717) is 0 Å². The topological polar surface area (TPSA) is 38.3 Å². The Hall–Kier alpha value is -0.730. The quantitative estimate of drug-likeness (QED) is 0.810. The number of ether oxygens (including phenoxy) is 1. The summed E-state index contributed by atoms with van der Waals surface area (Å²) in [5.41, 5.74) is -0.0658. The van der Waals surface area contributed by atoms with Crippen molar-refractivity contribution in [3.63, 3.8) is 0 Å². The molecule has 3 heteroatoms. The lowest BCUT2D eigenvalue weighted by atomic mass is 9.88. The molecule has 1 atom stereocenters. The molecule has 3 nitrogen and oxygen atoms in total. The Balaban J connectivity index is 0.00000121. The van der Waals surface area contributed by atoms with Gasteiger partial charge in [0.2, 0.25) is 0 Å². The number of carbonyl (C=O) groups excluding carboxylic acids is 1. The monoisotopic (exact) mass is 243 g/mol. The molecule has 0 aromatic carbocycles. The van der Waals surface area contributed by atoms with E-state index in [4.69, 9.17) is 4.74 Å². The zero-order valence-corrected chi connectivity index (χ0v) is 12.5. The molecule has 1 rings (SSSR count). The minimum Gasteiger partial charge on any atom is -0.443 e. The zero-order chi connectivity index (χ0) is 13.7. The highest BCUT2D eigenvalue weighted by Crippen LogP contribution is 2.42. The zero-order valence-electron chi connectivity index (χ0n) is 12.5. The van der Waals surface area contributed by atoms with Gasteiger partial charge in [-0.3, -0.25) is 0 Å². The molecule has 0 aromatic heterocycles. The molecule has 0 saturated heterocycles. The Labute approximate surface area is 106 Å². The summed E-state index contributed by atoms with van der Waals surface area (Å²) in [4.78, 5) is 11.6. The molecule has 0 bridgehead atoms. The van der Waals surface area contributed by atoms with E-state index in [-0.39, 0.29) is 23.2 Å². The van der Waals surface area contributed by atoms with E-state index in [1.165, 1.54) is 0 Å². The van der Waals surface area contributed by atoms with Crippen LogP contribution in [-0.2, 0) is 4.74 Å². The summed E-state index contributed by atoms with van der Waals surface area (Å²) < 4.78 is 5.41. The van der Waals surface area contributed by atoms with Crippen LogP contribution in [0.25, 0.3) is 0 Å². The van der Waals surface area contributed by atoms with Gasteiger partial charge in [0.25, 0.3) is 0 Å². The van der Waals surface area contributed by atoms with E-state index < -0.39 is 0 Å². The summed E-state index contributed by atoms with van der Waals surface area (Å²) >= 11 is 0. The number of carbonyl (C=O) groups is 1. The maximum atomic E-state index is 11.6. The van der Waals surface area contributed by atoms with E-state index >= 15 is 0 Å². The van der Waals surface area contributed by atoms with Crippen LogP contribution in [0.3, 0.4) is 0 Å². The Bertz CT molecular complexity index is 239. The van der Waals surface area contributed by atoms with Crippen molar-refractivity contribution in [1.29, 1.82) is 0 Å². The lowest BCUT2D eigenvalue weighted by Crippen LogP contribution is -2.43. The lowest BCUT2D eigenvalue weighted by molar-refractivity contribution is 0.0733. The van der Waals surface area contributed by atoms with Crippen LogP contribution in [0.1, 0.15) is 67.7 Å². The van der Waals surface area contributed by atoms with Gasteiger partial charge in [0.05, 0.1) is 0 Å². The van der Waals surface area contributed by atoms with Crippen LogP contribution in [0, 0.1) is 5.41 Å². The van der Waals surface area contributed by atoms with E-state index in [1.807, 2.05) is 20.8 Å². The van der Waals surface area contributed by atoms with Crippen molar-refractivity contribution in [2.45, 2.75) is 79.4 Å². The van der Waals surface area contributed by atoms with Crippen LogP contribution in [0.15, 0.2) is 0 Å². The Morgan fingerprint density at radius 2 is 1.82 bits per heavy atom. The van der Waals surface area contributed by atoms with E-state index in [9.17, 15) is 4.79 Å². The van der Waals surface area contributed by atoms with Gasteiger partial charge in [-0.2, -0.15) is 0 Å². The van der Waals surface area contributed by atoms with Crippen LogP contribution < -0.4 is 5.32 Å². The Morgan fingerprint density at radius 3 is 2.12 bits per heavy atom. The van der Waals surface area contributed by atoms with Gasteiger partial charge < -0.3 is 10.1 Å². The van der Waals surface area contributed by atoms with Gasteiger partial charge in [0, 0.05) is 6.04 Å². The molecular weight excluding hydrogens is 214 g/mol. The Morgan fingerprint density at radius 1 is 1.35 bits per heavy atom. The summed E-state index contributed by atoms with van der Waals surface area (Å²) in [5.74, 6) is 0. The third kappa shape index (κ3) is 5.42. The number of hydrogen-bond donors (Lipinski definition) is 1. The van der Waals surface area contributed by atoms with Gasteiger partial charge in [0.15, 0.2) is 0 Å². The summed E-state index contributed by atoms with van der Waals surface area (Å²) in [6, 6.07) is 0.123. The van der Waals surface area contributed by atoms with Gasteiger partial charge >= 0.3 is 6.09 Å².